The summed E-state index contributed by atoms with van der Waals surface area (Å²) in [6.07, 6.45) is 0. The van der Waals surface area contributed by atoms with Gasteiger partial charge in [-0.25, -0.2) is 0 Å². The average molecular weight is 928 g/mol. The van der Waals surface area contributed by atoms with E-state index in [0.29, 0.717) is 106 Å². The van der Waals surface area contributed by atoms with Crippen molar-refractivity contribution in [3.63, 3.8) is 0 Å². The number of benzene rings is 4. The van der Waals surface area contributed by atoms with Crippen LogP contribution < -0.4 is 21.7 Å². The molecule has 0 fully saturated rings. The Hall–Kier alpha value is -3.36. The van der Waals surface area contributed by atoms with E-state index in [1.807, 2.05) is 48.5 Å². The van der Waals surface area contributed by atoms with Crippen LogP contribution in [0.3, 0.4) is 0 Å². The fourth-order valence-corrected chi connectivity index (χ4v) is 11.4. The van der Waals surface area contributed by atoms with Crippen LogP contribution in [0.25, 0.3) is 22.3 Å². The second-order valence-electron chi connectivity index (χ2n) is 12.5. The van der Waals surface area contributed by atoms with E-state index in [2.05, 4.69) is 0 Å². The van der Waals surface area contributed by atoms with E-state index < -0.39 is 0 Å². The molecule has 56 heavy (non-hydrogen) atoms. The lowest BCUT2D eigenvalue weighted by Gasteiger charge is -2.12. The van der Waals surface area contributed by atoms with E-state index in [0.717, 1.165) is 19.5 Å². The summed E-state index contributed by atoms with van der Waals surface area (Å²) in [5.74, 6) is 0. The SMILES string of the molecule is Clc1cccc(Cl)c1/C1=c2\cc/c(o2)=C(\c2c(Cl)cccc2Cl)c2ccc(s2)/C(c2c(Cl)cccc2Cl)=c2/cc/c(o2)=C(\c2c(Cl)cccc2Cl)c2ccc1s2. The molecule has 4 aromatic carbocycles. The minimum atomic E-state index is 0.450. The largest absolute Gasteiger partial charge is 0.456 e. The lowest BCUT2D eigenvalue weighted by atomic mass is 10.0. The molecule has 0 atom stereocenters. The monoisotopic (exact) mass is 924 g/mol. The summed E-state index contributed by atoms with van der Waals surface area (Å²) in [5.41, 5.74) is 7.21. The van der Waals surface area contributed by atoms with Crippen LogP contribution in [-0.2, 0) is 0 Å². The fourth-order valence-electron chi connectivity index (χ4n) is 6.84. The maximum atomic E-state index is 6.95. The molecule has 0 radical (unpaired) electrons. The standard InChI is InChI=1S/C44H20Cl8O2S2/c45-21-5-1-6-22(46)37(21)41-29-13-14-30(53-29)42(38-23(47)7-2-8-24(38)48)35-19-20-36(56-35)44(40-27(51)11-4-12-28(40)52)32-16-15-31(54-32)43(34-18-17-33(41)55-34)39-25(49)9-3-10-26(39)50/h1-20H/b41-29+,41-33?,42-30+,42-35?,43-31+,43-34?,44-32+,44-36?. The third-order valence-electron chi connectivity index (χ3n) is 9.25. The summed E-state index contributed by atoms with van der Waals surface area (Å²) in [6, 6.07) is 37.2. The summed E-state index contributed by atoms with van der Waals surface area (Å²) in [5, 5.41) is 3.60. The summed E-state index contributed by atoms with van der Waals surface area (Å²) < 4.78 is 13.8. The maximum absolute atomic E-state index is 6.95. The maximum Gasteiger partial charge on any atom is 0.136 e. The van der Waals surface area contributed by atoms with Gasteiger partial charge in [0.05, 0.1) is 40.2 Å². The van der Waals surface area contributed by atoms with Gasteiger partial charge < -0.3 is 8.83 Å². The predicted octanol–water partition coefficient (Wildman–Crippen LogP) is 13.5. The minimum absolute atomic E-state index is 0.450. The molecule has 0 saturated heterocycles. The Morgan fingerprint density at radius 2 is 0.464 bits per heavy atom. The van der Waals surface area contributed by atoms with Gasteiger partial charge in [0, 0.05) is 64.1 Å². The van der Waals surface area contributed by atoms with Crippen LogP contribution in [0.4, 0.5) is 0 Å². The summed E-state index contributed by atoms with van der Waals surface area (Å²) in [4.78, 5) is 3.23. The lowest BCUT2D eigenvalue weighted by molar-refractivity contribution is 0.498. The van der Waals surface area contributed by atoms with Gasteiger partial charge in [-0.1, -0.05) is 117 Å². The first kappa shape index (κ1) is 38.2. The van der Waals surface area contributed by atoms with Crippen LogP contribution in [-0.4, -0.2) is 0 Å². The molecule has 276 valence electrons. The topological polar surface area (TPSA) is 26.3 Å². The number of furan rings is 2. The van der Waals surface area contributed by atoms with Crippen LogP contribution in [0.5, 0.6) is 0 Å². The Morgan fingerprint density at radius 3 is 0.661 bits per heavy atom. The Morgan fingerprint density at radius 1 is 0.268 bits per heavy atom. The van der Waals surface area contributed by atoms with Gasteiger partial charge in [0.1, 0.15) is 21.7 Å². The first-order valence-electron chi connectivity index (χ1n) is 16.8. The molecule has 0 spiro atoms. The quantitative estimate of drug-likeness (QED) is 0.176. The Balaban J connectivity index is 1.50. The molecule has 2 nitrogen and oxygen atoms in total. The van der Waals surface area contributed by atoms with Gasteiger partial charge in [-0.05, 0) is 97.1 Å². The van der Waals surface area contributed by atoms with Crippen molar-refractivity contribution in [2.45, 2.75) is 0 Å². The first-order valence-corrected chi connectivity index (χ1v) is 21.4. The van der Waals surface area contributed by atoms with Gasteiger partial charge in [-0.2, -0.15) is 0 Å². The molecule has 0 N–H and O–H groups in total. The third kappa shape index (κ3) is 6.68. The van der Waals surface area contributed by atoms with Crippen LogP contribution in [0.15, 0.2) is 130 Å². The number of fused-ring (bicyclic) bond motifs is 8. The number of hydrogen-bond acceptors (Lipinski definition) is 4. The lowest BCUT2D eigenvalue weighted by Crippen LogP contribution is -2.11. The highest BCUT2D eigenvalue weighted by molar-refractivity contribution is 7.14. The van der Waals surface area contributed by atoms with Gasteiger partial charge in [-0.3, -0.25) is 0 Å². The van der Waals surface area contributed by atoms with Crippen LogP contribution >= 0.6 is 115 Å². The molecular formula is C44H20Cl8O2S2. The van der Waals surface area contributed by atoms with Crippen LogP contribution in [0.2, 0.25) is 40.2 Å². The summed E-state index contributed by atoms with van der Waals surface area (Å²) >= 11 is 58.6. The van der Waals surface area contributed by atoms with Crippen molar-refractivity contribution >= 4 is 138 Å². The molecule has 4 aromatic heterocycles. The smallest absolute Gasteiger partial charge is 0.136 e. The fraction of sp³-hybridized carbons (Fsp3) is 0. The van der Waals surface area contributed by atoms with Crippen molar-refractivity contribution in [2.75, 3.05) is 0 Å². The zero-order chi connectivity index (χ0) is 38.8. The highest BCUT2D eigenvalue weighted by Gasteiger charge is 2.25. The van der Waals surface area contributed by atoms with E-state index in [1.165, 1.54) is 22.7 Å². The molecule has 0 saturated carbocycles. The van der Waals surface area contributed by atoms with Gasteiger partial charge in [-0.15, -0.1) is 22.7 Å². The predicted molar refractivity (Wildman–Crippen MR) is 237 cm³/mol. The van der Waals surface area contributed by atoms with Crippen LogP contribution in [0, 0.1) is 0 Å². The van der Waals surface area contributed by atoms with E-state index in [-0.39, 0.29) is 0 Å². The average Bonchev–Trinajstić information content (AvgIpc) is 4.00. The van der Waals surface area contributed by atoms with Crippen LogP contribution in [0.1, 0.15) is 41.8 Å². The second-order valence-corrected chi connectivity index (χ2v) is 18.0. The molecule has 1 aliphatic heterocycles. The van der Waals surface area contributed by atoms with E-state index in [4.69, 9.17) is 102 Å². The zero-order valence-electron chi connectivity index (χ0n) is 28.2. The van der Waals surface area contributed by atoms with Crippen molar-refractivity contribution in [1.82, 2.24) is 0 Å². The molecule has 0 aliphatic carbocycles. The number of thiophene rings is 2. The minimum Gasteiger partial charge on any atom is -0.456 e. The Bertz CT molecular complexity index is 2660. The summed E-state index contributed by atoms with van der Waals surface area (Å²) in [6.45, 7) is 0. The van der Waals surface area contributed by atoms with Crippen molar-refractivity contribution < 1.29 is 8.83 Å². The highest BCUT2D eigenvalue weighted by Crippen LogP contribution is 2.43. The molecule has 0 unspecified atom stereocenters. The number of hydrogen-bond donors (Lipinski definition) is 0. The summed E-state index contributed by atoms with van der Waals surface area (Å²) in [7, 11) is 0. The van der Waals surface area contributed by atoms with Gasteiger partial charge in [0.25, 0.3) is 0 Å². The molecule has 8 aromatic rings. The van der Waals surface area contributed by atoms with Crippen molar-refractivity contribution in [1.29, 1.82) is 0 Å². The molecule has 9 rings (SSSR count). The third-order valence-corrected chi connectivity index (χ3v) is 14.0. The zero-order valence-corrected chi connectivity index (χ0v) is 35.9. The van der Waals surface area contributed by atoms with E-state index >= 15 is 0 Å². The molecule has 5 heterocycles. The molecule has 1 aliphatic rings. The molecule has 12 heteroatoms. The van der Waals surface area contributed by atoms with E-state index in [1.54, 1.807) is 72.8 Å². The van der Waals surface area contributed by atoms with Crippen molar-refractivity contribution in [3.05, 3.63) is 225 Å². The molecule has 0 amide bonds. The van der Waals surface area contributed by atoms with Crippen molar-refractivity contribution in [3.8, 4) is 0 Å². The second kappa shape index (κ2) is 15.4. The highest BCUT2D eigenvalue weighted by atomic mass is 35.5. The number of rotatable bonds is 4. The van der Waals surface area contributed by atoms with E-state index in [9.17, 15) is 0 Å². The van der Waals surface area contributed by atoms with Crippen molar-refractivity contribution in [2.24, 2.45) is 0 Å². The molecule has 8 bridgehead atoms. The van der Waals surface area contributed by atoms with Gasteiger partial charge in [0.2, 0.25) is 0 Å². The normalized spacial score (nSPS) is 16.7. The number of halogens is 8. The van der Waals surface area contributed by atoms with Gasteiger partial charge >= 0.3 is 0 Å². The molecular weight excluding hydrogens is 908 g/mol. The van der Waals surface area contributed by atoms with Gasteiger partial charge in [0.15, 0.2) is 0 Å². The Labute approximate surface area is 368 Å². The Kier molecular flexibility index (Phi) is 10.5. The first-order chi connectivity index (χ1) is 27.1.